The van der Waals surface area contributed by atoms with Crippen molar-refractivity contribution in [2.45, 2.75) is 244 Å². The van der Waals surface area contributed by atoms with E-state index in [1.807, 2.05) is 12.2 Å². The Labute approximate surface area is 388 Å². The molecule has 0 rings (SSSR count). The predicted octanol–water partition coefficient (Wildman–Crippen LogP) is 15.7. The molecule has 0 saturated carbocycles. The second kappa shape index (κ2) is 49.8. The zero-order chi connectivity index (χ0) is 45.9. The van der Waals surface area contributed by atoms with E-state index in [-0.39, 0.29) is 24.9 Å². The Hall–Kier alpha value is -3.22. The lowest BCUT2D eigenvalue weighted by Gasteiger charge is -2.24. The lowest BCUT2D eigenvalue weighted by atomic mass is 10.0. The topological polar surface area (TPSA) is 95.9 Å². The van der Waals surface area contributed by atoms with E-state index in [4.69, 9.17) is 4.74 Å². The van der Waals surface area contributed by atoms with E-state index >= 15 is 0 Å². The molecule has 3 N–H and O–H groups in total. The van der Waals surface area contributed by atoms with Crippen molar-refractivity contribution in [1.29, 1.82) is 0 Å². The second-order valence-corrected chi connectivity index (χ2v) is 17.2. The third-order valence-electron chi connectivity index (χ3n) is 11.1. The van der Waals surface area contributed by atoms with Crippen LogP contribution in [0.2, 0.25) is 0 Å². The fraction of sp³-hybridized carbons (Fsp3) is 0.684. The maximum absolute atomic E-state index is 13.2. The van der Waals surface area contributed by atoms with Crippen LogP contribution in [0.15, 0.2) is 97.2 Å². The monoisotopic (exact) mass is 876 g/mol. The number of ether oxygens (including phenoxy) is 1. The first-order chi connectivity index (χ1) is 31.0. The maximum Gasteiger partial charge on any atom is 0.306 e. The van der Waals surface area contributed by atoms with Crippen molar-refractivity contribution >= 4 is 11.9 Å². The van der Waals surface area contributed by atoms with Gasteiger partial charge in [0.25, 0.3) is 0 Å². The molecule has 0 aliphatic heterocycles. The average Bonchev–Trinajstić information content (AvgIpc) is 3.28. The van der Waals surface area contributed by atoms with E-state index in [1.54, 1.807) is 0 Å². The van der Waals surface area contributed by atoms with Crippen LogP contribution in [0, 0.1) is 0 Å². The number of carbonyl (C=O) groups is 2. The van der Waals surface area contributed by atoms with Crippen molar-refractivity contribution < 1.29 is 24.5 Å². The summed E-state index contributed by atoms with van der Waals surface area (Å²) < 4.78 is 5.85. The molecule has 0 saturated heterocycles. The fourth-order valence-corrected chi connectivity index (χ4v) is 7.16. The zero-order valence-corrected chi connectivity index (χ0v) is 40.9. The summed E-state index contributed by atoms with van der Waals surface area (Å²) in [6.07, 6.45) is 66.2. The van der Waals surface area contributed by atoms with Gasteiger partial charge in [-0.05, 0) is 89.9 Å². The number of esters is 1. The van der Waals surface area contributed by atoms with Crippen LogP contribution in [-0.4, -0.2) is 46.9 Å². The minimum atomic E-state index is -0.821. The summed E-state index contributed by atoms with van der Waals surface area (Å²) in [7, 11) is 0. The number of aliphatic hydroxyl groups excluding tert-OH is 2. The largest absolute Gasteiger partial charge is 0.461 e. The number of hydrogen-bond acceptors (Lipinski definition) is 5. The van der Waals surface area contributed by atoms with Gasteiger partial charge in [0.05, 0.1) is 25.2 Å². The Morgan fingerprint density at radius 1 is 0.476 bits per heavy atom. The van der Waals surface area contributed by atoms with E-state index in [1.165, 1.54) is 89.9 Å². The molecule has 0 fully saturated rings. The highest BCUT2D eigenvalue weighted by Gasteiger charge is 2.23. The molecule has 3 unspecified atom stereocenters. The fourth-order valence-electron chi connectivity index (χ4n) is 7.16. The van der Waals surface area contributed by atoms with Gasteiger partial charge in [-0.2, -0.15) is 0 Å². The van der Waals surface area contributed by atoms with Crippen LogP contribution in [0.3, 0.4) is 0 Å². The molecule has 0 spiro atoms. The highest BCUT2D eigenvalue weighted by molar-refractivity contribution is 5.77. The van der Waals surface area contributed by atoms with Crippen molar-refractivity contribution in [3.63, 3.8) is 0 Å². The number of rotatable bonds is 45. The van der Waals surface area contributed by atoms with Crippen molar-refractivity contribution in [3.8, 4) is 0 Å². The molecule has 0 bridgehead atoms. The smallest absolute Gasteiger partial charge is 0.306 e. The molecule has 0 aromatic heterocycles. The SMILES string of the molecule is CCCCC/C=C\C/C=C\C/C=C\C/C=C\CCCCCC(=O)OC(C/C=C\C/C=C\C/C=C\C/C=C\CCCCC)CC(=O)NC(CO)C(O)CCCCCCCCCCCC. The van der Waals surface area contributed by atoms with Gasteiger partial charge in [0.1, 0.15) is 6.10 Å². The van der Waals surface area contributed by atoms with Gasteiger partial charge in [0.15, 0.2) is 0 Å². The average molecular weight is 876 g/mol. The van der Waals surface area contributed by atoms with Crippen molar-refractivity contribution in [3.05, 3.63) is 97.2 Å². The summed E-state index contributed by atoms with van der Waals surface area (Å²) in [4.78, 5) is 26.1. The van der Waals surface area contributed by atoms with Crippen LogP contribution in [0.4, 0.5) is 0 Å². The van der Waals surface area contributed by atoms with Gasteiger partial charge in [-0.3, -0.25) is 9.59 Å². The van der Waals surface area contributed by atoms with E-state index in [0.717, 1.165) is 89.9 Å². The molecule has 360 valence electrons. The molecule has 0 radical (unpaired) electrons. The van der Waals surface area contributed by atoms with Gasteiger partial charge >= 0.3 is 5.97 Å². The third-order valence-corrected chi connectivity index (χ3v) is 11.1. The van der Waals surface area contributed by atoms with E-state index in [9.17, 15) is 19.8 Å². The van der Waals surface area contributed by atoms with Crippen LogP contribution in [-0.2, 0) is 14.3 Å². The van der Waals surface area contributed by atoms with Gasteiger partial charge in [-0.25, -0.2) is 0 Å². The molecule has 6 heteroatoms. The number of hydrogen-bond donors (Lipinski definition) is 3. The van der Waals surface area contributed by atoms with Gasteiger partial charge < -0.3 is 20.3 Å². The maximum atomic E-state index is 13.2. The van der Waals surface area contributed by atoms with Gasteiger partial charge in [-0.15, -0.1) is 0 Å². The number of allylic oxidation sites excluding steroid dienone is 15. The summed E-state index contributed by atoms with van der Waals surface area (Å²) in [5.74, 6) is -0.620. The number of carbonyl (C=O) groups excluding carboxylic acids is 2. The number of nitrogens with one attached hydrogen (secondary N) is 1. The summed E-state index contributed by atoms with van der Waals surface area (Å²) in [5, 5.41) is 23.7. The molecule has 1 amide bonds. The van der Waals surface area contributed by atoms with Gasteiger partial charge in [0.2, 0.25) is 5.91 Å². The molecule has 63 heavy (non-hydrogen) atoms. The highest BCUT2D eigenvalue weighted by Crippen LogP contribution is 2.15. The highest BCUT2D eigenvalue weighted by atomic mass is 16.5. The van der Waals surface area contributed by atoms with E-state index in [0.29, 0.717) is 19.3 Å². The van der Waals surface area contributed by atoms with Crippen LogP contribution < -0.4 is 5.32 Å². The van der Waals surface area contributed by atoms with E-state index < -0.39 is 18.2 Å². The number of aliphatic hydroxyl groups is 2. The predicted molar refractivity (Wildman–Crippen MR) is 273 cm³/mol. The molecule has 0 aliphatic carbocycles. The van der Waals surface area contributed by atoms with Crippen LogP contribution in [0.5, 0.6) is 0 Å². The Kier molecular flexibility index (Phi) is 47.2. The van der Waals surface area contributed by atoms with Crippen molar-refractivity contribution in [2.24, 2.45) is 0 Å². The summed E-state index contributed by atoms with van der Waals surface area (Å²) in [6, 6.07) is -0.742. The van der Waals surface area contributed by atoms with Crippen molar-refractivity contribution in [2.75, 3.05) is 6.61 Å². The van der Waals surface area contributed by atoms with Gasteiger partial charge in [0, 0.05) is 12.8 Å². The summed E-state index contributed by atoms with van der Waals surface area (Å²) in [6.45, 7) is 6.37. The van der Waals surface area contributed by atoms with Crippen LogP contribution in [0.1, 0.15) is 226 Å². The summed E-state index contributed by atoms with van der Waals surface area (Å²) >= 11 is 0. The molecule has 0 heterocycles. The number of unbranched alkanes of at least 4 members (excludes halogenated alkanes) is 18. The molecular formula is C57H97NO5. The van der Waals surface area contributed by atoms with Crippen LogP contribution in [0.25, 0.3) is 0 Å². The molecule has 0 aromatic carbocycles. The first-order valence-electron chi connectivity index (χ1n) is 26.0. The first-order valence-corrected chi connectivity index (χ1v) is 26.0. The Balaban J connectivity index is 4.78. The Morgan fingerprint density at radius 3 is 1.29 bits per heavy atom. The lowest BCUT2D eigenvalue weighted by Crippen LogP contribution is -2.46. The van der Waals surface area contributed by atoms with Crippen molar-refractivity contribution in [1.82, 2.24) is 5.32 Å². The normalized spacial score (nSPS) is 14.0. The molecule has 6 nitrogen and oxygen atoms in total. The minimum Gasteiger partial charge on any atom is -0.461 e. The first kappa shape index (κ1) is 59.8. The van der Waals surface area contributed by atoms with E-state index in [2.05, 4.69) is 111 Å². The number of amides is 1. The molecule has 0 aromatic rings. The summed E-state index contributed by atoms with van der Waals surface area (Å²) in [5.41, 5.74) is 0. The van der Waals surface area contributed by atoms with Gasteiger partial charge in [-0.1, -0.05) is 214 Å². The standard InChI is InChI=1S/C57H97NO5/c1-4-7-10-13-16-19-22-24-26-27-28-29-31-33-35-38-41-44-47-50-57(62)63-53(48-45-42-39-36-34-32-30-25-23-20-17-14-11-8-5-2)51-56(61)58-54(52-59)55(60)49-46-43-40-37-21-18-15-12-9-6-3/h16-17,19-20,24-26,28-30,33-36,42,45,53-55,59-60H,4-15,18,21-23,27,31-32,37-41,43-44,46-52H2,1-3H3,(H,58,61)/b19-16-,20-17-,26-24-,29-28-,30-25-,35-33-,36-34-,45-42-. The molecule has 0 aliphatic rings. The Morgan fingerprint density at radius 2 is 0.841 bits per heavy atom. The Bertz CT molecular complexity index is 1260. The molecular weight excluding hydrogens is 779 g/mol. The zero-order valence-electron chi connectivity index (χ0n) is 40.9. The molecule has 3 atom stereocenters. The quantitative estimate of drug-likeness (QED) is 0.0322. The second-order valence-electron chi connectivity index (χ2n) is 17.2. The lowest BCUT2D eigenvalue weighted by molar-refractivity contribution is -0.150. The minimum absolute atomic E-state index is 0.0166. The third kappa shape index (κ3) is 45.2. The van der Waals surface area contributed by atoms with Crippen LogP contribution >= 0.6 is 0 Å².